The van der Waals surface area contributed by atoms with Crippen LogP contribution in [-0.2, 0) is 5.41 Å². The Kier molecular flexibility index (Phi) is 8.77. The molecular formula is C65H44N4. The van der Waals surface area contributed by atoms with Crippen molar-refractivity contribution in [1.29, 1.82) is 0 Å². The van der Waals surface area contributed by atoms with Crippen LogP contribution in [0.2, 0.25) is 0 Å². The van der Waals surface area contributed by atoms with Crippen molar-refractivity contribution in [3.8, 4) is 11.1 Å². The lowest BCUT2D eigenvalue weighted by molar-refractivity contribution is 0.768. The van der Waals surface area contributed by atoms with Crippen molar-refractivity contribution in [2.75, 3.05) is 19.6 Å². The zero-order valence-corrected chi connectivity index (χ0v) is 37.7. The van der Waals surface area contributed by atoms with Gasteiger partial charge in [0.05, 0.1) is 50.9 Å². The Hall–Kier alpha value is -9.12. The van der Waals surface area contributed by atoms with E-state index in [4.69, 9.17) is 0 Å². The number of anilines is 12. The first kappa shape index (κ1) is 39.1. The molecule has 69 heavy (non-hydrogen) atoms. The minimum atomic E-state index is -0.548. The van der Waals surface area contributed by atoms with Crippen molar-refractivity contribution >= 4 is 79.0 Å². The summed E-state index contributed by atoms with van der Waals surface area (Å²) in [5.74, 6) is 0. The van der Waals surface area contributed by atoms with E-state index < -0.39 is 5.41 Å². The molecule has 324 valence electrons. The quantitative estimate of drug-likeness (QED) is 0.165. The third-order valence-corrected chi connectivity index (χ3v) is 14.5. The Bertz CT molecular complexity index is 3670. The summed E-state index contributed by atoms with van der Waals surface area (Å²) >= 11 is 0. The van der Waals surface area contributed by atoms with Gasteiger partial charge in [-0.3, -0.25) is 0 Å². The summed E-state index contributed by atoms with van der Waals surface area (Å²) < 4.78 is 0. The van der Waals surface area contributed by atoms with Gasteiger partial charge >= 0.3 is 0 Å². The van der Waals surface area contributed by atoms with Gasteiger partial charge in [0.2, 0.25) is 0 Å². The lowest BCUT2D eigenvalue weighted by Crippen LogP contribution is -2.29. The Balaban J connectivity index is 0.967. The molecule has 2 aliphatic heterocycles. The van der Waals surface area contributed by atoms with E-state index in [0.29, 0.717) is 0 Å². The molecule has 0 N–H and O–H groups in total. The second kappa shape index (κ2) is 15.5. The van der Waals surface area contributed by atoms with Crippen LogP contribution in [0.1, 0.15) is 22.3 Å². The summed E-state index contributed by atoms with van der Waals surface area (Å²) in [5.41, 5.74) is 20.6. The SMILES string of the molecule is c1ccc(N2c3ccccc3N(c3ccc4cc(N5c6ccccc6N(c6ccccc6)c6cc7c(cc65)C(c5ccccc5)(c5ccccc5)c5ccccc5-7)ccc4c3)c3ccccc32)cc1. The Morgan fingerprint density at radius 3 is 1.03 bits per heavy atom. The van der Waals surface area contributed by atoms with Crippen LogP contribution in [0.25, 0.3) is 21.9 Å². The van der Waals surface area contributed by atoms with E-state index in [0.717, 1.165) is 68.2 Å². The minimum absolute atomic E-state index is 0.548. The van der Waals surface area contributed by atoms with Crippen LogP contribution >= 0.6 is 0 Å². The van der Waals surface area contributed by atoms with Gasteiger partial charge in [0, 0.05) is 22.7 Å². The molecule has 0 unspecified atom stereocenters. The first-order valence-electron chi connectivity index (χ1n) is 23.8. The molecule has 0 bridgehead atoms. The molecule has 0 aromatic heterocycles. The van der Waals surface area contributed by atoms with Crippen molar-refractivity contribution in [2.24, 2.45) is 0 Å². The van der Waals surface area contributed by atoms with Crippen LogP contribution in [-0.4, -0.2) is 0 Å². The normalized spacial score (nSPS) is 13.8. The smallest absolute Gasteiger partial charge is 0.0714 e. The van der Waals surface area contributed by atoms with Gasteiger partial charge < -0.3 is 19.6 Å². The second-order valence-electron chi connectivity index (χ2n) is 18.1. The number of benzene rings is 11. The van der Waals surface area contributed by atoms with Crippen molar-refractivity contribution in [3.05, 3.63) is 289 Å². The van der Waals surface area contributed by atoms with E-state index in [1.807, 2.05) is 0 Å². The Morgan fingerprint density at radius 2 is 0.565 bits per heavy atom. The largest absolute Gasteiger partial charge is 0.306 e. The number of nitrogens with zero attached hydrogens (tertiary/aromatic N) is 4. The van der Waals surface area contributed by atoms with E-state index in [1.54, 1.807) is 0 Å². The molecule has 2 heterocycles. The van der Waals surface area contributed by atoms with Crippen LogP contribution < -0.4 is 19.6 Å². The lowest BCUT2D eigenvalue weighted by Gasteiger charge is -2.42. The van der Waals surface area contributed by atoms with Crippen LogP contribution in [0.3, 0.4) is 0 Å². The van der Waals surface area contributed by atoms with E-state index in [-0.39, 0.29) is 0 Å². The fourth-order valence-electron chi connectivity index (χ4n) is 11.6. The minimum Gasteiger partial charge on any atom is -0.306 e. The highest BCUT2D eigenvalue weighted by Gasteiger charge is 2.47. The summed E-state index contributed by atoms with van der Waals surface area (Å²) in [6.07, 6.45) is 0. The monoisotopic (exact) mass is 880 g/mol. The number of para-hydroxylation sites is 8. The number of rotatable bonds is 6. The molecule has 11 aromatic carbocycles. The summed E-state index contributed by atoms with van der Waals surface area (Å²) in [6, 6.07) is 98.0. The molecule has 4 heteroatoms. The molecular weight excluding hydrogens is 837 g/mol. The maximum Gasteiger partial charge on any atom is 0.0714 e. The van der Waals surface area contributed by atoms with Crippen LogP contribution in [0.5, 0.6) is 0 Å². The Morgan fingerprint density at radius 1 is 0.217 bits per heavy atom. The summed E-state index contributed by atoms with van der Waals surface area (Å²) in [4.78, 5) is 9.74. The van der Waals surface area contributed by atoms with Crippen LogP contribution in [0.15, 0.2) is 267 Å². The molecule has 1 aliphatic carbocycles. The van der Waals surface area contributed by atoms with E-state index in [1.165, 1.54) is 44.2 Å². The predicted octanol–water partition coefficient (Wildman–Crippen LogP) is 17.7. The molecule has 0 saturated carbocycles. The van der Waals surface area contributed by atoms with Crippen molar-refractivity contribution < 1.29 is 0 Å². The number of fused-ring (bicyclic) bond motifs is 8. The maximum atomic E-state index is 2.51. The molecule has 0 atom stereocenters. The highest BCUT2D eigenvalue weighted by Crippen LogP contribution is 2.62. The third-order valence-electron chi connectivity index (χ3n) is 14.5. The molecule has 0 radical (unpaired) electrons. The first-order chi connectivity index (χ1) is 34.3. The fraction of sp³-hybridized carbons (Fsp3) is 0.0154. The van der Waals surface area contributed by atoms with Gasteiger partial charge in [0.1, 0.15) is 0 Å². The summed E-state index contributed by atoms with van der Waals surface area (Å²) in [6.45, 7) is 0. The second-order valence-corrected chi connectivity index (χ2v) is 18.1. The topological polar surface area (TPSA) is 13.0 Å². The van der Waals surface area contributed by atoms with Crippen molar-refractivity contribution in [2.45, 2.75) is 5.41 Å². The van der Waals surface area contributed by atoms with Crippen molar-refractivity contribution in [1.82, 2.24) is 0 Å². The van der Waals surface area contributed by atoms with Gasteiger partial charge in [-0.05, 0) is 141 Å². The van der Waals surface area contributed by atoms with Gasteiger partial charge in [0.25, 0.3) is 0 Å². The number of hydrogen-bond acceptors (Lipinski definition) is 4. The molecule has 3 aliphatic rings. The zero-order valence-electron chi connectivity index (χ0n) is 37.7. The molecule has 0 spiro atoms. The average molecular weight is 881 g/mol. The molecule has 0 saturated heterocycles. The number of hydrogen-bond donors (Lipinski definition) is 0. The van der Waals surface area contributed by atoms with Gasteiger partial charge in [-0.1, -0.05) is 170 Å². The van der Waals surface area contributed by atoms with Gasteiger partial charge in [-0.25, -0.2) is 0 Å². The molecule has 4 nitrogen and oxygen atoms in total. The van der Waals surface area contributed by atoms with E-state index in [9.17, 15) is 0 Å². The Labute approximate surface area is 402 Å². The first-order valence-corrected chi connectivity index (χ1v) is 23.8. The standard InChI is InChI=1S/C65H44N4/c1-5-21-47(22-6-1)65(48-23-7-2-8-24-48)55-30-14-13-29-53(55)54-43-63-64(44-56(54)65)69(62-36-20-17-33-59(62)67(63)50-27-11-4-12-28-50)52-40-38-45-41-51(39-37-46(45)42-52)68-60-34-18-15-31-57(60)66(49-25-9-3-10-26-49)58-32-16-19-35-61(58)68/h1-44H. The van der Waals surface area contributed by atoms with Gasteiger partial charge in [-0.2, -0.15) is 0 Å². The van der Waals surface area contributed by atoms with Crippen LogP contribution in [0, 0.1) is 0 Å². The van der Waals surface area contributed by atoms with E-state index >= 15 is 0 Å². The van der Waals surface area contributed by atoms with Gasteiger partial charge in [0.15, 0.2) is 0 Å². The highest BCUT2D eigenvalue weighted by atomic mass is 15.3. The highest BCUT2D eigenvalue weighted by molar-refractivity contribution is 6.07. The zero-order chi connectivity index (χ0) is 45.5. The molecule has 14 rings (SSSR count). The fourth-order valence-corrected chi connectivity index (χ4v) is 11.6. The molecule has 0 amide bonds. The average Bonchev–Trinajstić information content (AvgIpc) is 3.71. The predicted molar refractivity (Wildman–Crippen MR) is 287 cm³/mol. The summed E-state index contributed by atoms with van der Waals surface area (Å²) in [5, 5.41) is 2.34. The van der Waals surface area contributed by atoms with Gasteiger partial charge in [-0.15, -0.1) is 0 Å². The maximum absolute atomic E-state index is 2.51. The lowest BCUT2D eigenvalue weighted by atomic mass is 9.67. The molecule has 11 aromatic rings. The third kappa shape index (κ3) is 5.82. The molecule has 0 fully saturated rings. The van der Waals surface area contributed by atoms with E-state index in [2.05, 4.69) is 287 Å². The van der Waals surface area contributed by atoms with Crippen molar-refractivity contribution in [3.63, 3.8) is 0 Å². The van der Waals surface area contributed by atoms with Crippen LogP contribution in [0.4, 0.5) is 68.2 Å². The summed E-state index contributed by atoms with van der Waals surface area (Å²) in [7, 11) is 0.